The van der Waals surface area contributed by atoms with Gasteiger partial charge in [0, 0.05) is 19.1 Å². The Morgan fingerprint density at radius 3 is 3.00 bits per heavy atom. The maximum atomic E-state index is 14.3. The molecule has 1 unspecified atom stereocenters. The van der Waals surface area contributed by atoms with E-state index in [2.05, 4.69) is 20.2 Å². The second-order valence-corrected chi connectivity index (χ2v) is 4.71. The van der Waals surface area contributed by atoms with E-state index in [-0.39, 0.29) is 5.82 Å². The van der Waals surface area contributed by atoms with Crippen molar-refractivity contribution in [3.05, 3.63) is 17.8 Å². The molecule has 2 heterocycles. The molecular formula is C13H21FN4. The maximum absolute atomic E-state index is 14.3. The summed E-state index contributed by atoms with van der Waals surface area (Å²) in [5.74, 6) is 0.227. The van der Waals surface area contributed by atoms with E-state index < -0.39 is 0 Å². The smallest absolute Gasteiger partial charge is 0.187 e. The van der Waals surface area contributed by atoms with Crippen LogP contribution in [0.2, 0.25) is 0 Å². The van der Waals surface area contributed by atoms with Crippen LogP contribution in [0.4, 0.5) is 10.2 Å². The molecular weight excluding hydrogens is 231 g/mol. The van der Waals surface area contributed by atoms with Crippen LogP contribution < -0.4 is 10.2 Å². The van der Waals surface area contributed by atoms with Crippen LogP contribution in [0.3, 0.4) is 0 Å². The molecule has 0 amide bonds. The zero-order valence-electron chi connectivity index (χ0n) is 11.1. The number of aromatic nitrogens is 2. The first-order chi connectivity index (χ1) is 8.77. The van der Waals surface area contributed by atoms with Crippen molar-refractivity contribution in [2.75, 3.05) is 25.0 Å². The van der Waals surface area contributed by atoms with Crippen LogP contribution in [-0.2, 0) is 6.42 Å². The minimum atomic E-state index is -0.247. The number of nitrogens with one attached hydrogen (secondary N) is 1. The molecule has 0 spiro atoms. The molecule has 0 radical (unpaired) electrons. The summed E-state index contributed by atoms with van der Waals surface area (Å²) in [6.07, 6.45) is 5.47. The fourth-order valence-corrected chi connectivity index (χ4v) is 2.57. The number of likely N-dealkylation sites (N-methyl/N-ethyl adjacent to an activating group) is 1. The van der Waals surface area contributed by atoms with Crippen molar-refractivity contribution in [1.29, 1.82) is 0 Å². The molecule has 1 aliphatic heterocycles. The van der Waals surface area contributed by atoms with Gasteiger partial charge in [0.05, 0.1) is 5.69 Å². The van der Waals surface area contributed by atoms with Gasteiger partial charge in [-0.15, -0.1) is 0 Å². The highest BCUT2D eigenvalue weighted by atomic mass is 19.1. The molecule has 1 aliphatic rings. The lowest BCUT2D eigenvalue weighted by atomic mass is 10.0. The summed E-state index contributed by atoms with van der Waals surface area (Å²) in [5.41, 5.74) is 0.508. The minimum Gasteiger partial charge on any atom is -0.350 e. The van der Waals surface area contributed by atoms with Crippen molar-refractivity contribution < 1.29 is 4.39 Å². The average molecular weight is 252 g/mol. The highest BCUT2D eigenvalue weighted by Crippen LogP contribution is 2.26. The first-order valence-electron chi connectivity index (χ1n) is 6.68. The molecule has 1 fully saturated rings. The Morgan fingerprint density at radius 2 is 2.28 bits per heavy atom. The second-order valence-electron chi connectivity index (χ2n) is 4.71. The lowest BCUT2D eigenvalue weighted by Gasteiger charge is -2.36. The third-order valence-electron chi connectivity index (χ3n) is 3.52. The largest absolute Gasteiger partial charge is 0.350 e. The van der Waals surface area contributed by atoms with Crippen LogP contribution >= 0.6 is 0 Å². The van der Waals surface area contributed by atoms with Gasteiger partial charge in [-0.1, -0.05) is 6.92 Å². The average Bonchev–Trinajstić information content (AvgIpc) is 2.40. The number of halogens is 1. The molecule has 5 heteroatoms. The number of hydrogen-bond acceptors (Lipinski definition) is 4. The summed E-state index contributed by atoms with van der Waals surface area (Å²) in [7, 11) is 1.93. The van der Waals surface area contributed by atoms with Crippen LogP contribution in [-0.4, -0.2) is 36.1 Å². The lowest BCUT2D eigenvalue weighted by Crippen LogP contribution is -2.46. The number of anilines is 1. The standard InChI is InChI=1S/C13H21FN4/c1-3-11-12(14)13(17-9-16-11)18-7-5-4-6-10(18)8-15-2/h9-10,15H,3-8H2,1-2H3. The first-order valence-corrected chi connectivity index (χ1v) is 6.68. The molecule has 18 heavy (non-hydrogen) atoms. The zero-order valence-corrected chi connectivity index (χ0v) is 11.1. The van der Waals surface area contributed by atoms with Gasteiger partial charge in [0.25, 0.3) is 0 Å². The van der Waals surface area contributed by atoms with Gasteiger partial charge >= 0.3 is 0 Å². The molecule has 1 aromatic rings. The Morgan fingerprint density at radius 1 is 1.44 bits per heavy atom. The molecule has 0 saturated carbocycles. The fourth-order valence-electron chi connectivity index (χ4n) is 2.57. The molecule has 1 saturated heterocycles. The number of hydrogen-bond donors (Lipinski definition) is 1. The van der Waals surface area contributed by atoms with Crippen LogP contribution in [0.25, 0.3) is 0 Å². The van der Waals surface area contributed by atoms with E-state index in [0.29, 0.717) is 24.0 Å². The predicted molar refractivity (Wildman–Crippen MR) is 70.3 cm³/mol. The Balaban J connectivity index is 2.27. The topological polar surface area (TPSA) is 41.1 Å². The van der Waals surface area contributed by atoms with Gasteiger partial charge in [-0.2, -0.15) is 0 Å². The normalized spacial score (nSPS) is 20.2. The lowest BCUT2D eigenvalue weighted by molar-refractivity contribution is 0.434. The van der Waals surface area contributed by atoms with E-state index in [1.165, 1.54) is 12.7 Å². The molecule has 1 aromatic heterocycles. The van der Waals surface area contributed by atoms with E-state index >= 15 is 0 Å². The summed E-state index contributed by atoms with van der Waals surface area (Å²) in [5, 5.41) is 3.18. The monoisotopic (exact) mass is 252 g/mol. The molecule has 100 valence electrons. The molecule has 0 bridgehead atoms. The summed E-state index contributed by atoms with van der Waals surface area (Å²) < 4.78 is 14.3. The van der Waals surface area contributed by atoms with Gasteiger partial charge < -0.3 is 10.2 Å². The van der Waals surface area contributed by atoms with Crippen molar-refractivity contribution in [2.24, 2.45) is 0 Å². The van der Waals surface area contributed by atoms with Crippen LogP contribution in [0.15, 0.2) is 6.33 Å². The van der Waals surface area contributed by atoms with Crippen molar-refractivity contribution in [3.8, 4) is 0 Å². The van der Waals surface area contributed by atoms with Crippen molar-refractivity contribution in [1.82, 2.24) is 15.3 Å². The summed E-state index contributed by atoms with van der Waals surface area (Å²) in [4.78, 5) is 10.2. The SMILES string of the molecule is CCc1ncnc(N2CCCCC2CNC)c1F. The third-order valence-corrected chi connectivity index (χ3v) is 3.52. The predicted octanol–water partition coefficient (Wildman–Crippen LogP) is 1.76. The van der Waals surface area contributed by atoms with Crippen molar-refractivity contribution in [3.63, 3.8) is 0 Å². The van der Waals surface area contributed by atoms with Crippen molar-refractivity contribution in [2.45, 2.75) is 38.6 Å². The molecule has 1 atom stereocenters. The molecule has 4 nitrogen and oxygen atoms in total. The molecule has 2 rings (SSSR count). The number of piperidine rings is 1. The number of nitrogens with zero attached hydrogens (tertiary/aromatic N) is 3. The Hall–Kier alpha value is -1.23. The highest BCUT2D eigenvalue weighted by Gasteiger charge is 2.26. The second kappa shape index (κ2) is 6.09. The van der Waals surface area contributed by atoms with Gasteiger partial charge in [0.2, 0.25) is 0 Å². The molecule has 1 N–H and O–H groups in total. The molecule has 0 aliphatic carbocycles. The van der Waals surface area contributed by atoms with Gasteiger partial charge in [0.1, 0.15) is 6.33 Å². The molecule has 0 aromatic carbocycles. The quantitative estimate of drug-likeness (QED) is 0.886. The Kier molecular flexibility index (Phi) is 4.47. The van der Waals surface area contributed by atoms with Crippen LogP contribution in [0.5, 0.6) is 0 Å². The maximum Gasteiger partial charge on any atom is 0.187 e. The fraction of sp³-hybridized carbons (Fsp3) is 0.692. The van der Waals surface area contributed by atoms with Gasteiger partial charge in [0.15, 0.2) is 11.6 Å². The van der Waals surface area contributed by atoms with E-state index in [1.54, 1.807) is 0 Å². The van der Waals surface area contributed by atoms with Crippen LogP contribution in [0, 0.1) is 5.82 Å². The minimum absolute atomic E-state index is 0.247. The number of aryl methyl sites for hydroxylation is 1. The van der Waals surface area contributed by atoms with E-state index in [0.717, 1.165) is 25.9 Å². The van der Waals surface area contributed by atoms with E-state index in [9.17, 15) is 4.39 Å². The van der Waals surface area contributed by atoms with Crippen LogP contribution in [0.1, 0.15) is 31.9 Å². The van der Waals surface area contributed by atoms with E-state index in [4.69, 9.17) is 0 Å². The highest BCUT2D eigenvalue weighted by molar-refractivity contribution is 5.43. The van der Waals surface area contributed by atoms with Crippen molar-refractivity contribution >= 4 is 5.82 Å². The third kappa shape index (κ3) is 2.61. The zero-order chi connectivity index (χ0) is 13.0. The summed E-state index contributed by atoms with van der Waals surface area (Å²) >= 11 is 0. The Bertz CT molecular complexity index is 395. The summed E-state index contributed by atoms with van der Waals surface area (Å²) in [6, 6.07) is 0.331. The first kappa shape index (κ1) is 13.2. The number of rotatable bonds is 4. The van der Waals surface area contributed by atoms with E-state index in [1.807, 2.05) is 14.0 Å². The van der Waals surface area contributed by atoms with Gasteiger partial charge in [-0.3, -0.25) is 0 Å². The van der Waals surface area contributed by atoms with Gasteiger partial charge in [-0.25, -0.2) is 14.4 Å². The van der Waals surface area contributed by atoms with Gasteiger partial charge in [-0.05, 0) is 32.7 Å². The Labute approximate surface area is 108 Å². The summed E-state index contributed by atoms with van der Waals surface area (Å²) in [6.45, 7) is 3.66.